The van der Waals surface area contributed by atoms with E-state index < -0.39 is 33.7 Å². The van der Waals surface area contributed by atoms with Crippen molar-refractivity contribution in [2.75, 3.05) is 32.5 Å². The number of aliphatic hydroxyl groups is 1. The predicted octanol–water partition coefficient (Wildman–Crippen LogP) is 1.23. The molecule has 0 bridgehead atoms. The average Bonchev–Trinajstić information content (AvgIpc) is 2.59. The molecular formula is C17H26ClFN2O5S. The molecule has 154 valence electrons. The summed E-state index contributed by atoms with van der Waals surface area (Å²) in [6.45, 7) is 2.74. The molecule has 10 heteroatoms. The Labute approximate surface area is 165 Å². The molecular weight excluding hydrogens is 399 g/mol. The fourth-order valence-corrected chi connectivity index (χ4v) is 4.25. The van der Waals surface area contributed by atoms with Gasteiger partial charge in [-0.1, -0.05) is 12.1 Å². The number of hydrogen-bond donors (Lipinski definition) is 2. The number of piperidine rings is 1. The number of β-amino-alcohol motifs (C(OH)–C–C–N with tert-alkyl or cyclic N) is 1. The maximum atomic E-state index is 13.2. The van der Waals surface area contributed by atoms with Gasteiger partial charge in [0.15, 0.2) is 5.75 Å². The highest BCUT2D eigenvalue weighted by Crippen LogP contribution is 2.25. The van der Waals surface area contributed by atoms with E-state index in [2.05, 4.69) is 10.1 Å². The number of nitrogens with one attached hydrogen (secondary N) is 1. The van der Waals surface area contributed by atoms with Gasteiger partial charge in [-0.2, -0.15) is 0 Å². The van der Waals surface area contributed by atoms with E-state index in [1.807, 2.05) is 6.92 Å². The molecule has 7 nitrogen and oxygen atoms in total. The van der Waals surface area contributed by atoms with E-state index in [9.17, 15) is 22.7 Å². The largest absolute Gasteiger partial charge is 0.468 e. The summed E-state index contributed by atoms with van der Waals surface area (Å²) in [6, 6.07) is 5.80. The Morgan fingerprint density at radius 2 is 2.04 bits per heavy atom. The fraction of sp³-hybridized carbons (Fsp3) is 0.588. The molecule has 1 saturated heterocycles. The zero-order chi connectivity index (χ0) is 19.4. The zero-order valence-electron chi connectivity index (χ0n) is 15.4. The van der Waals surface area contributed by atoms with Crippen molar-refractivity contribution in [2.45, 2.75) is 31.4 Å². The molecule has 0 radical (unpaired) electrons. The number of ether oxygens (including phenoxy) is 1. The van der Waals surface area contributed by atoms with E-state index in [0.29, 0.717) is 18.4 Å². The predicted molar refractivity (Wildman–Crippen MR) is 102 cm³/mol. The molecule has 0 aromatic heterocycles. The first-order chi connectivity index (χ1) is 12.1. The standard InChI is InChI=1S/C17H25FN2O5S.ClH/c1-17(19-11-15(21)13-4-3-5-14(18)10-13)6-8-20(9-7-17)26(23,24)12-16(22)25-2;/h3-5,10,15,19,21H,6-9,11-12H2,1-2H3;1H/t15-;/m0./s1. The molecule has 1 aromatic carbocycles. The van der Waals surface area contributed by atoms with Crippen LogP contribution < -0.4 is 5.32 Å². The lowest BCUT2D eigenvalue weighted by atomic mass is 9.90. The summed E-state index contributed by atoms with van der Waals surface area (Å²) in [5.74, 6) is -1.85. The molecule has 0 unspecified atom stereocenters. The van der Waals surface area contributed by atoms with Crippen LogP contribution in [-0.2, 0) is 19.6 Å². The first-order valence-corrected chi connectivity index (χ1v) is 9.99. The number of benzene rings is 1. The van der Waals surface area contributed by atoms with Crippen LogP contribution in [0.25, 0.3) is 0 Å². The van der Waals surface area contributed by atoms with E-state index in [-0.39, 0.29) is 37.6 Å². The van der Waals surface area contributed by atoms with Crippen LogP contribution in [0.3, 0.4) is 0 Å². The molecule has 1 aliphatic heterocycles. The van der Waals surface area contributed by atoms with Gasteiger partial charge in [0.05, 0.1) is 13.2 Å². The van der Waals surface area contributed by atoms with Gasteiger partial charge in [0.2, 0.25) is 10.0 Å². The molecule has 0 amide bonds. The summed E-state index contributed by atoms with van der Waals surface area (Å²) >= 11 is 0. The normalized spacial score (nSPS) is 18.4. The Bertz CT molecular complexity index is 739. The first kappa shape index (κ1) is 23.8. The van der Waals surface area contributed by atoms with Crippen LogP contribution in [0.5, 0.6) is 0 Å². The maximum Gasteiger partial charge on any atom is 0.322 e. The molecule has 27 heavy (non-hydrogen) atoms. The third kappa shape index (κ3) is 6.69. The fourth-order valence-electron chi connectivity index (χ4n) is 2.91. The highest BCUT2D eigenvalue weighted by Gasteiger charge is 2.35. The lowest BCUT2D eigenvalue weighted by Gasteiger charge is -2.39. The second kappa shape index (κ2) is 9.79. The third-order valence-corrected chi connectivity index (χ3v) is 6.46. The number of methoxy groups -OCH3 is 1. The molecule has 1 atom stereocenters. The number of esters is 1. The number of hydrogen-bond acceptors (Lipinski definition) is 6. The smallest absolute Gasteiger partial charge is 0.322 e. The lowest BCUT2D eigenvalue weighted by molar-refractivity contribution is -0.137. The van der Waals surface area contributed by atoms with Gasteiger partial charge in [0, 0.05) is 25.2 Å². The van der Waals surface area contributed by atoms with Crippen molar-refractivity contribution in [1.29, 1.82) is 0 Å². The summed E-state index contributed by atoms with van der Waals surface area (Å²) in [6.07, 6.45) is 0.204. The number of carbonyl (C=O) groups is 1. The van der Waals surface area contributed by atoms with Crippen LogP contribution in [0.1, 0.15) is 31.4 Å². The van der Waals surface area contributed by atoms with Crippen molar-refractivity contribution in [3.63, 3.8) is 0 Å². The minimum Gasteiger partial charge on any atom is -0.468 e. The molecule has 1 aliphatic rings. The third-order valence-electron chi connectivity index (χ3n) is 4.70. The van der Waals surface area contributed by atoms with E-state index in [4.69, 9.17) is 0 Å². The van der Waals surface area contributed by atoms with E-state index in [0.717, 1.165) is 7.11 Å². The Morgan fingerprint density at radius 1 is 1.41 bits per heavy atom. The van der Waals surface area contributed by atoms with Crippen molar-refractivity contribution in [2.24, 2.45) is 0 Å². The monoisotopic (exact) mass is 424 g/mol. The lowest BCUT2D eigenvalue weighted by Crippen LogP contribution is -2.54. The molecule has 0 aliphatic carbocycles. The Balaban J connectivity index is 0.00000364. The summed E-state index contributed by atoms with van der Waals surface area (Å²) < 4.78 is 43.3. The summed E-state index contributed by atoms with van der Waals surface area (Å²) in [5, 5.41) is 13.5. The van der Waals surface area contributed by atoms with E-state index in [1.165, 1.54) is 16.4 Å². The van der Waals surface area contributed by atoms with Crippen LogP contribution in [0.4, 0.5) is 4.39 Å². The minimum atomic E-state index is -3.68. The second-order valence-electron chi connectivity index (χ2n) is 6.74. The van der Waals surface area contributed by atoms with E-state index >= 15 is 0 Å². The van der Waals surface area contributed by atoms with Crippen molar-refractivity contribution in [3.05, 3.63) is 35.6 Å². The van der Waals surface area contributed by atoms with Gasteiger partial charge in [0.25, 0.3) is 0 Å². The molecule has 1 heterocycles. The van der Waals surface area contributed by atoms with Crippen LogP contribution in [-0.4, -0.2) is 61.8 Å². The van der Waals surface area contributed by atoms with E-state index in [1.54, 1.807) is 12.1 Å². The van der Waals surface area contributed by atoms with Crippen LogP contribution in [0.15, 0.2) is 24.3 Å². The van der Waals surface area contributed by atoms with Crippen LogP contribution in [0.2, 0.25) is 0 Å². The molecule has 2 N–H and O–H groups in total. The molecule has 0 spiro atoms. The van der Waals surface area contributed by atoms with Crippen LogP contribution >= 0.6 is 12.4 Å². The zero-order valence-corrected chi connectivity index (χ0v) is 17.0. The van der Waals surface area contributed by atoms with Crippen molar-refractivity contribution in [3.8, 4) is 0 Å². The first-order valence-electron chi connectivity index (χ1n) is 8.38. The highest BCUT2D eigenvalue weighted by molar-refractivity contribution is 7.89. The topological polar surface area (TPSA) is 95.9 Å². The Morgan fingerprint density at radius 3 is 2.59 bits per heavy atom. The van der Waals surface area contributed by atoms with Gasteiger partial charge in [-0.15, -0.1) is 12.4 Å². The van der Waals surface area contributed by atoms with Gasteiger partial charge in [-0.05, 0) is 37.5 Å². The Kier molecular flexibility index (Phi) is 8.62. The van der Waals surface area contributed by atoms with Gasteiger partial charge < -0.3 is 15.2 Å². The quantitative estimate of drug-likeness (QED) is 0.639. The van der Waals surface area contributed by atoms with Crippen molar-refractivity contribution in [1.82, 2.24) is 9.62 Å². The number of sulfonamides is 1. The van der Waals surface area contributed by atoms with Crippen LogP contribution in [0, 0.1) is 5.82 Å². The summed E-state index contributed by atoms with van der Waals surface area (Å²) in [4.78, 5) is 11.2. The average molecular weight is 425 g/mol. The molecule has 2 rings (SSSR count). The van der Waals surface area contributed by atoms with Gasteiger partial charge >= 0.3 is 5.97 Å². The van der Waals surface area contributed by atoms with Gasteiger partial charge in [-0.3, -0.25) is 4.79 Å². The SMILES string of the molecule is COC(=O)CS(=O)(=O)N1CCC(C)(NC[C@H](O)c2cccc(F)c2)CC1.Cl. The van der Waals surface area contributed by atoms with Crippen molar-refractivity contribution >= 4 is 28.4 Å². The van der Waals surface area contributed by atoms with Gasteiger partial charge in [-0.25, -0.2) is 17.1 Å². The molecule has 1 fully saturated rings. The summed E-state index contributed by atoms with van der Waals surface area (Å²) in [7, 11) is -2.53. The maximum absolute atomic E-state index is 13.2. The second-order valence-corrected chi connectivity index (χ2v) is 8.71. The number of aliphatic hydroxyl groups excluding tert-OH is 1. The Hall–Kier alpha value is -1.26. The number of nitrogens with zero attached hydrogens (tertiary/aromatic N) is 1. The number of rotatable bonds is 7. The number of carbonyl (C=O) groups excluding carboxylic acids is 1. The highest BCUT2D eigenvalue weighted by atomic mass is 35.5. The molecule has 0 saturated carbocycles. The van der Waals surface area contributed by atoms with Crippen molar-refractivity contribution < 1.29 is 27.4 Å². The minimum absolute atomic E-state index is 0. The summed E-state index contributed by atoms with van der Waals surface area (Å²) in [5.41, 5.74) is 0.130. The van der Waals surface area contributed by atoms with Gasteiger partial charge in [0.1, 0.15) is 5.82 Å². The number of halogens is 2. The molecule has 1 aromatic rings.